The Balaban J connectivity index is 0.00000112. The molecule has 0 amide bonds. The van der Waals surface area contributed by atoms with E-state index < -0.39 is 0 Å². The minimum absolute atomic E-state index is 0. The Bertz CT molecular complexity index is 425. The molecule has 2 aromatic rings. The molecule has 0 saturated carbocycles. The number of hydrogen-bond acceptors (Lipinski definition) is 2. The van der Waals surface area contributed by atoms with Crippen LogP contribution in [0.15, 0.2) is 30.3 Å². The number of hydrogen-bond donors (Lipinski definition) is 0. The Kier molecular flexibility index (Phi) is 4.42. The summed E-state index contributed by atoms with van der Waals surface area (Å²) in [6.07, 6.45) is 0. The molecule has 0 radical (unpaired) electrons. The van der Waals surface area contributed by atoms with E-state index >= 15 is 0 Å². The van der Waals surface area contributed by atoms with Gasteiger partial charge in [-0.25, -0.2) is 0 Å². The van der Waals surface area contributed by atoms with Crippen LogP contribution in [0.4, 0.5) is 0 Å². The number of halogens is 1. The van der Waals surface area contributed by atoms with E-state index in [2.05, 4.69) is 41.0 Å². The van der Waals surface area contributed by atoms with Crippen LogP contribution < -0.4 is 21.7 Å². The molecule has 1 aromatic heterocycles. The quantitative estimate of drug-likeness (QED) is 0.654. The maximum Gasteiger partial charge on any atom is 0.262 e. The van der Waals surface area contributed by atoms with Gasteiger partial charge in [-0.05, 0) is 6.92 Å². The van der Waals surface area contributed by atoms with E-state index in [1.807, 2.05) is 13.0 Å². The van der Waals surface area contributed by atoms with Crippen LogP contribution in [-0.4, -0.2) is 5.10 Å². The highest BCUT2D eigenvalue weighted by molar-refractivity contribution is 7.10. The highest BCUT2D eigenvalue weighted by Crippen LogP contribution is 2.05. The van der Waals surface area contributed by atoms with E-state index in [1.54, 1.807) is 11.3 Å². The van der Waals surface area contributed by atoms with E-state index in [0.717, 1.165) is 11.6 Å². The van der Waals surface area contributed by atoms with Crippen molar-refractivity contribution >= 4 is 11.3 Å². The molecule has 0 fully saturated rings. The van der Waals surface area contributed by atoms with Gasteiger partial charge in [0.05, 0.1) is 0 Å². The van der Waals surface area contributed by atoms with Gasteiger partial charge in [0.1, 0.15) is 0 Å². The maximum atomic E-state index is 4.44. The first kappa shape index (κ1) is 12.3. The molecule has 0 bridgehead atoms. The van der Waals surface area contributed by atoms with Gasteiger partial charge in [-0.1, -0.05) is 46.4 Å². The molecule has 0 saturated heterocycles. The van der Waals surface area contributed by atoms with Gasteiger partial charge < -0.3 is 17.0 Å². The molecule has 4 heteroatoms. The number of nitrogens with zero attached hydrogens (tertiary/aromatic N) is 2. The number of aryl methyl sites for hydroxylation is 2. The highest BCUT2D eigenvalue weighted by atomic mass is 79.9. The second kappa shape index (κ2) is 5.37. The fourth-order valence-corrected chi connectivity index (χ4v) is 2.21. The monoisotopic (exact) mass is 284 g/mol. The molecule has 2 nitrogen and oxygen atoms in total. The Morgan fingerprint density at radius 1 is 1.20 bits per heavy atom. The van der Waals surface area contributed by atoms with Crippen molar-refractivity contribution in [3.63, 3.8) is 0 Å². The molecule has 1 aromatic carbocycles. The van der Waals surface area contributed by atoms with E-state index in [4.69, 9.17) is 0 Å². The van der Waals surface area contributed by atoms with Crippen molar-refractivity contribution in [2.75, 3.05) is 0 Å². The second-order valence-corrected chi connectivity index (χ2v) is 4.67. The molecule has 2 rings (SSSR count). The van der Waals surface area contributed by atoms with E-state index in [0.29, 0.717) is 0 Å². The van der Waals surface area contributed by atoms with Gasteiger partial charge in [-0.3, -0.25) is 0 Å². The molecular weight excluding hydrogens is 272 g/mol. The van der Waals surface area contributed by atoms with Gasteiger partial charge in [0.2, 0.25) is 6.54 Å². The largest absolute Gasteiger partial charge is 1.00 e. The van der Waals surface area contributed by atoms with Crippen LogP contribution in [0.5, 0.6) is 0 Å². The zero-order valence-electron chi connectivity index (χ0n) is 8.77. The first-order valence-electron chi connectivity index (χ1n) is 4.64. The molecule has 1 heterocycles. The van der Waals surface area contributed by atoms with Crippen molar-refractivity contribution < 1.29 is 21.7 Å². The third-order valence-electron chi connectivity index (χ3n) is 2.10. The summed E-state index contributed by atoms with van der Waals surface area (Å²) < 4.78 is 2.05. The van der Waals surface area contributed by atoms with E-state index in [-0.39, 0.29) is 17.0 Å². The predicted molar refractivity (Wildman–Crippen MR) is 57.3 cm³/mol. The summed E-state index contributed by atoms with van der Waals surface area (Å²) >= 11 is 1.74. The van der Waals surface area contributed by atoms with Crippen LogP contribution in [-0.2, 0) is 6.54 Å². The fourth-order valence-electron chi connectivity index (χ4n) is 1.43. The minimum atomic E-state index is 0. The van der Waals surface area contributed by atoms with Gasteiger partial charge in [0.15, 0.2) is 5.01 Å². The Hall–Kier alpha value is -0.740. The van der Waals surface area contributed by atoms with Crippen molar-refractivity contribution in [3.8, 4) is 0 Å². The topological polar surface area (TPSA) is 16.8 Å². The van der Waals surface area contributed by atoms with Gasteiger partial charge in [-0.15, -0.1) is 0 Å². The lowest BCUT2D eigenvalue weighted by Gasteiger charge is -1.92. The summed E-state index contributed by atoms with van der Waals surface area (Å²) in [5, 5.41) is 6.82. The summed E-state index contributed by atoms with van der Waals surface area (Å²) in [6.45, 7) is 5.02. The van der Waals surface area contributed by atoms with Crippen molar-refractivity contribution in [2.45, 2.75) is 20.4 Å². The minimum Gasteiger partial charge on any atom is -1.00 e. The van der Waals surface area contributed by atoms with E-state index in [9.17, 15) is 0 Å². The standard InChI is InChI=1S/C11H13N2S.BrH/c1-9-12-13(10(2)14-9)8-11-6-4-3-5-7-11;/h3-7H,8H2,1-2H3;1H/q+1;/p-1. The average Bonchev–Trinajstić information content (AvgIpc) is 2.47. The lowest BCUT2D eigenvalue weighted by atomic mass is 10.2. The first-order chi connectivity index (χ1) is 6.75. The molecule has 0 N–H and O–H groups in total. The second-order valence-electron chi connectivity index (χ2n) is 3.28. The Morgan fingerprint density at radius 2 is 1.87 bits per heavy atom. The van der Waals surface area contributed by atoms with Crippen LogP contribution in [0.25, 0.3) is 0 Å². The number of benzene rings is 1. The summed E-state index contributed by atoms with van der Waals surface area (Å²) in [6, 6.07) is 10.4. The van der Waals surface area contributed by atoms with Gasteiger partial charge >= 0.3 is 0 Å². The number of rotatable bonds is 2. The summed E-state index contributed by atoms with van der Waals surface area (Å²) in [7, 11) is 0. The zero-order chi connectivity index (χ0) is 9.97. The smallest absolute Gasteiger partial charge is 0.262 e. The summed E-state index contributed by atoms with van der Waals surface area (Å²) in [5.74, 6) is 0. The molecule has 15 heavy (non-hydrogen) atoms. The lowest BCUT2D eigenvalue weighted by molar-refractivity contribution is -0.746. The molecule has 0 aliphatic rings. The van der Waals surface area contributed by atoms with Crippen LogP contribution in [0, 0.1) is 13.8 Å². The van der Waals surface area contributed by atoms with Crippen molar-refractivity contribution in [3.05, 3.63) is 45.9 Å². The molecule has 0 spiro atoms. The number of aromatic nitrogens is 2. The van der Waals surface area contributed by atoms with Crippen LogP contribution >= 0.6 is 11.3 Å². The van der Waals surface area contributed by atoms with Gasteiger partial charge in [0.25, 0.3) is 5.01 Å². The average molecular weight is 285 g/mol. The lowest BCUT2D eigenvalue weighted by Crippen LogP contribution is -3.00. The molecule has 0 aliphatic carbocycles. The summed E-state index contributed by atoms with van der Waals surface area (Å²) in [4.78, 5) is 0. The molecule has 0 aliphatic heterocycles. The first-order valence-corrected chi connectivity index (χ1v) is 5.45. The predicted octanol–water partition coefficient (Wildman–Crippen LogP) is -0.900. The van der Waals surface area contributed by atoms with E-state index in [1.165, 1.54) is 10.6 Å². The zero-order valence-corrected chi connectivity index (χ0v) is 11.2. The molecular formula is C11H13BrN2S. The van der Waals surface area contributed by atoms with Gasteiger partial charge in [-0.2, -0.15) is 0 Å². The van der Waals surface area contributed by atoms with Crippen LogP contribution in [0.2, 0.25) is 0 Å². The highest BCUT2D eigenvalue weighted by Gasteiger charge is 2.12. The van der Waals surface area contributed by atoms with Crippen molar-refractivity contribution in [1.82, 2.24) is 5.10 Å². The fraction of sp³-hybridized carbons (Fsp3) is 0.273. The van der Waals surface area contributed by atoms with Crippen molar-refractivity contribution in [1.29, 1.82) is 0 Å². The van der Waals surface area contributed by atoms with Crippen molar-refractivity contribution in [2.24, 2.45) is 0 Å². The molecule has 0 unspecified atom stereocenters. The van der Waals surface area contributed by atoms with Crippen LogP contribution in [0.1, 0.15) is 15.6 Å². The maximum absolute atomic E-state index is 4.44. The SMILES string of the molecule is Cc1n[n+](Cc2ccccc2)c(C)s1.[Br-]. The van der Waals surface area contributed by atoms with Gasteiger partial charge in [0, 0.05) is 17.6 Å². The summed E-state index contributed by atoms with van der Waals surface area (Å²) in [5.41, 5.74) is 1.30. The molecule has 80 valence electrons. The molecule has 0 atom stereocenters. The third kappa shape index (κ3) is 3.11. The third-order valence-corrected chi connectivity index (χ3v) is 2.98. The van der Waals surface area contributed by atoms with Crippen LogP contribution in [0.3, 0.4) is 0 Å². The Morgan fingerprint density at radius 3 is 2.40 bits per heavy atom. The Labute approximate surface area is 104 Å². The normalized spacial score (nSPS) is 9.73.